The number of fused-ring (bicyclic) bond motifs is 1. The number of carbonyl (C=O) groups excluding carboxylic acids is 3. The number of nitrogens with zero attached hydrogens (tertiary/aromatic N) is 4. The summed E-state index contributed by atoms with van der Waals surface area (Å²) >= 11 is 1.37. The zero-order valence-electron chi connectivity index (χ0n) is 24.9. The number of carboxylic acids is 1. The molecule has 3 aliphatic heterocycles. The molecule has 0 bridgehead atoms. The summed E-state index contributed by atoms with van der Waals surface area (Å²) in [5, 5.41) is 19.9. The molecule has 2 fully saturated rings. The van der Waals surface area contributed by atoms with Crippen molar-refractivity contribution in [1.29, 1.82) is 0 Å². The molecule has 15 nitrogen and oxygen atoms in total. The number of thioether (sulfide) groups is 1. The van der Waals surface area contributed by atoms with Crippen LogP contribution in [0.2, 0.25) is 0 Å². The summed E-state index contributed by atoms with van der Waals surface area (Å²) in [6.45, 7) is 7.82. The molecule has 46 heavy (non-hydrogen) atoms. The fourth-order valence-corrected chi connectivity index (χ4v) is 7.40. The number of aliphatic hydroxyl groups is 1. The fraction of sp³-hybridized carbons (Fsp3) is 0.577. The molecule has 0 aromatic carbocycles. The second-order valence-corrected chi connectivity index (χ2v) is 13.6. The minimum Gasteiger partial charge on any atom is -0.741 e. The lowest BCUT2D eigenvalue weighted by Gasteiger charge is -2.46. The van der Waals surface area contributed by atoms with Crippen molar-refractivity contribution in [2.24, 2.45) is 24.6 Å². The van der Waals surface area contributed by atoms with E-state index in [2.05, 4.69) is 6.58 Å². The first kappa shape index (κ1) is 36.8. The van der Waals surface area contributed by atoms with Gasteiger partial charge in [0.25, 0.3) is 0 Å². The van der Waals surface area contributed by atoms with Gasteiger partial charge in [-0.3, -0.25) is 9.59 Å². The summed E-state index contributed by atoms with van der Waals surface area (Å²) in [6, 6.07) is -0.628. The number of carboxylic acid groups (broad SMARTS) is 1. The molecule has 6 atom stereocenters. The third kappa shape index (κ3) is 7.50. The molecule has 0 radical (unpaired) electrons. The number of amides is 3. The molecule has 256 valence electrons. The molecule has 1 aromatic rings. The Morgan fingerprint density at radius 2 is 1.96 bits per heavy atom. The predicted molar refractivity (Wildman–Crippen MR) is 152 cm³/mol. The standard InChI is InChI=1S/C25H33N5O7S.CHF3O3S/c1-5-10-37-25(36)29-12-16(11-15(29)6-7-28-9-8-27(4)22(28)21(26)32)38-20-13(2)18-17(14(3)31)23(33)30(18)19(20)24(34)35;2-1(3,4)8(5,6)7/h5,8-9,13-18,31H,1,6-7,10-12H2,2-4H3,(H2-,26,32,34,35);(H,5,6,7)/t13-,14-,15-,16+,17-,18-;/m1./s1. The van der Waals surface area contributed by atoms with Crippen molar-refractivity contribution in [2.45, 2.75) is 62.2 Å². The Morgan fingerprint density at radius 3 is 2.46 bits per heavy atom. The molecule has 0 spiro atoms. The van der Waals surface area contributed by atoms with E-state index in [0.29, 0.717) is 36.7 Å². The summed E-state index contributed by atoms with van der Waals surface area (Å²) in [4.78, 5) is 53.1. The number of hydrogen-bond acceptors (Lipinski definition) is 10. The number of rotatable bonds is 10. The minimum absolute atomic E-state index is 0.0374. The molecule has 0 aliphatic carbocycles. The molecule has 1 aromatic heterocycles. The zero-order valence-corrected chi connectivity index (χ0v) is 26.5. The van der Waals surface area contributed by atoms with E-state index < -0.39 is 51.7 Å². The van der Waals surface area contributed by atoms with Crippen molar-refractivity contribution in [2.75, 3.05) is 13.2 Å². The highest BCUT2D eigenvalue weighted by atomic mass is 32.2. The van der Waals surface area contributed by atoms with Gasteiger partial charge in [0.15, 0.2) is 10.1 Å². The Morgan fingerprint density at radius 1 is 1.35 bits per heavy atom. The second-order valence-electron chi connectivity index (χ2n) is 10.9. The minimum atomic E-state index is -6.09. The number of imidazole rings is 1. The Balaban J connectivity index is 0.000000637. The number of ether oxygens (including phenoxy) is 1. The highest BCUT2D eigenvalue weighted by molar-refractivity contribution is 8.03. The van der Waals surface area contributed by atoms with E-state index in [1.54, 1.807) is 40.4 Å². The van der Waals surface area contributed by atoms with Crippen molar-refractivity contribution in [3.63, 3.8) is 0 Å². The largest absolute Gasteiger partial charge is 0.741 e. The number of hydrogen-bond donors (Lipinski definition) is 3. The molecular weight excluding hydrogens is 663 g/mol. The molecule has 0 unspecified atom stereocenters. The third-order valence-electron chi connectivity index (χ3n) is 7.82. The van der Waals surface area contributed by atoms with Crippen LogP contribution in [0, 0.1) is 11.8 Å². The summed E-state index contributed by atoms with van der Waals surface area (Å²) in [5.41, 5.74) is -0.154. The van der Waals surface area contributed by atoms with Crippen molar-refractivity contribution in [3.05, 3.63) is 41.5 Å². The van der Waals surface area contributed by atoms with Gasteiger partial charge in [-0.15, -0.1) is 11.8 Å². The number of likely N-dealkylation sites (tertiary alicyclic amines) is 1. The molecule has 4 heterocycles. The quantitative estimate of drug-likeness (QED) is 0.101. The van der Waals surface area contributed by atoms with Crippen LogP contribution in [0.4, 0.5) is 18.0 Å². The maximum atomic E-state index is 12.9. The average molecular weight is 698 g/mol. The molecular formula is C26H34F3N5O10S2. The first-order valence-corrected chi connectivity index (χ1v) is 16.1. The smallest absolute Gasteiger partial charge is 0.485 e. The van der Waals surface area contributed by atoms with E-state index in [-0.39, 0.29) is 35.4 Å². The SMILES string of the molecule is C=CCOC(=O)N1C[C@@H](SC2=C(C(=O)O)N3C(=O)[C@H]([C@@H](C)O)[C@H]3[C@H]2C)C[C@H]1CC[n+]1ccn(C)c1C(N)=O.O=S(=O)([O-])C(F)(F)F. The third-order valence-corrected chi connectivity index (χ3v) is 9.88. The second kappa shape index (κ2) is 14.0. The van der Waals surface area contributed by atoms with Gasteiger partial charge in [-0.05, 0) is 13.3 Å². The number of primary amides is 1. The number of β-lactam (4-membered cyclic amide) rings is 1. The Labute approximate surface area is 266 Å². The van der Waals surface area contributed by atoms with Gasteiger partial charge < -0.3 is 35.0 Å². The molecule has 3 amide bonds. The lowest BCUT2D eigenvalue weighted by molar-refractivity contribution is -0.699. The van der Waals surface area contributed by atoms with Crippen molar-refractivity contribution < 1.29 is 64.8 Å². The lowest BCUT2D eigenvalue weighted by Crippen LogP contribution is -2.63. The van der Waals surface area contributed by atoms with Crippen molar-refractivity contribution in [3.8, 4) is 0 Å². The van der Waals surface area contributed by atoms with Crippen LogP contribution in [-0.2, 0) is 38.0 Å². The molecule has 20 heteroatoms. The van der Waals surface area contributed by atoms with Crippen LogP contribution in [0.1, 0.15) is 37.3 Å². The number of aliphatic hydroxyl groups excluding tert-OH is 1. The molecule has 4 N–H and O–H groups in total. The van der Waals surface area contributed by atoms with E-state index in [4.69, 9.17) is 23.4 Å². The van der Waals surface area contributed by atoms with Crippen LogP contribution < -0.4 is 10.3 Å². The topological polar surface area (TPSA) is 216 Å². The Hall–Kier alpha value is -3.62. The van der Waals surface area contributed by atoms with E-state index in [0.717, 1.165) is 0 Å². The van der Waals surface area contributed by atoms with Gasteiger partial charge in [0.2, 0.25) is 5.91 Å². The maximum Gasteiger partial charge on any atom is 0.485 e. The number of alkyl halides is 3. The first-order chi connectivity index (χ1) is 21.2. The number of aliphatic carboxylic acids is 1. The molecule has 3 aliphatic rings. The highest BCUT2D eigenvalue weighted by Crippen LogP contribution is 2.52. The van der Waals surface area contributed by atoms with E-state index in [1.165, 1.54) is 22.7 Å². The van der Waals surface area contributed by atoms with Crippen molar-refractivity contribution >= 4 is 45.8 Å². The fourth-order valence-electron chi connectivity index (χ4n) is 5.84. The van der Waals surface area contributed by atoms with Crippen LogP contribution >= 0.6 is 11.8 Å². The van der Waals surface area contributed by atoms with Gasteiger partial charge in [0.05, 0.1) is 31.7 Å². The zero-order chi connectivity index (χ0) is 34.9. The average Bonchev–Trinajstić information content (AvgIpc) is 3.58. The molecule has 0 saturated carbocycles. The van der Waals surface area contributed by atoms with Crippen LogP contribution in [0.5, 0.6) is 0 Å². The lowest BCUT2D eigenvalue weighted by atomic mass is 9.79. The number of nitrogens with two attached hydrogens (primary N) is 1. The number of aromatic nitrogens is 2. The normalized spacial score (nSPS) is 25.0. The number of carbonyl (C=O) groups is 4. The van der Waals surface area contributed by atoms with Crippen LogP contribution in [0.15, 0.2) is 35.7 Å². The van der Waals surface area contributed by atoms with Crippen molar-refractivity contribution in [1.82, 2.24) is 14.4 Å². The highest BCUT2D eigenvalue weighted by Gasteiger charge is 2.60. The summed E-state index contributed by atoms with van der Waals surface area (Å²) in [6.07, 6.45) is 4.69. The first-order valence-electron chi connectivity index (χ1n) is 13.8. The van der Waals surface area contributed by atoms with Gasteiger partial charge in [-0.1, -0.05) is 19.6 Å². The van der Waals surface area contributed by atoms with Gasteiger partial charge >= 0.3 is 29.3 Å². The Kier molecular flexibility index (Phi) is 11.2. The van der Waals surface area contributed by atoms with Gasteiger partial charge in [-0.25, -0.2) is 27.1 Å². The van der Waals surface area contributed by atoms with Crippen LogP contribution in [0.25, 0.3) is 0 Å². The summed E-state index contributed by atoms with van der Waals surface area (Å²) in [5.74, 6) is -2.68. The molecule has 4 rings (SSSR count). The summed E-state index contributed by atoms with van der Waals surface area (Å²) in [7, 11) is -4.36. The summed E-state index contributed by atoms with van der Waals surface area (Å²) < 4.78 is 67.6. The van der Waals surface area contributed by atoms with Gasteiger partial charge in [0.1, 0.15) is 24.7 Å². The van der Waals surface area contributed by atoms with Gasteiger partial charge in [0, 0.05) is 35.1 Å². The Bertz CT molecular complexity index is 1530. The van der Waals surface area contributed by atoms with Crippen LogP contribution in [-0.4, -0.2) is 104 Å². The number of halogens is 3. The van der Waals surface area contributed by atoms with E-state index in [9.17, 15) is 42.6 Å². The molecule has 2 saturated heterocycles. The van der Waals surface area contributed by atoms with E-state index in [1.807, 2.05) is 6.92 Å². The van der Waals surface area contributed by atoms with E-state index >= 15 is 0 Å². The number of aryl methyl sites for hydroxylation is 2. The maximum absolute atomic E-state index is 12.9. The predicted octanol–water partition coefficient (Wildman–Crippen LogP) is 0.505. The van der Waals surface area contributed by atoms with Gasteiger partial charge in [-0.2, -0.15) is 13.2 Å². The van der Waals surface area contributed by atoms with Crippen LogP contribution in [0.3, 0.4) is 0 Å². The monoisotopic (exact) mass is 697 g/mol.